The van der Waals surface area contributed by atoms with Gasteiger partial charge in [-0.25, -0.2) is 9.79 Å². The van der Waals surface area contributed by atoms with E-state index in [1.165, 1.54) is 43.5 Å². The van der Waals surface area contributed by atoms with E-state index in [1.54, 1.807) is 0 Å². The van der Waals surface area contributed by atoms with Gasteiger partial charge in [0.1, 0.15) is 10.8 Å². The number of nitrogens with zero attached hydrogens (tertiary/aromatic N) is 3. The summed E-state index contributed by atoms with van der Waals surface area (Å²) in [5.74, 6) is -0.682. The topological polar surface area (TPSA) is 134 Å². The molecule has 0 unspecified atom stereocenters. The third kappa shape index (κ3) is 3.67. The Morgan fingerprint density at radius 3 is 2.54 bits per heavy atom. The first kappa shape index (κ1) is 19.0. The molecule has 0 saturated carbocycles. The number of carbonyl (C=O) groups excluding carboxylic acids is 1. The number of hydrogen-bond acceptors (Lipinski definition) is 8. The Bertz CT molecular complexity index is 1080. The number of aliphatic imine (C=N–C) groups is 1. The van der Waals surface area contributed by atoms with Crippen LogP contribution < -0.4 is 4.74 Å². The number of nitro benzene ring substituents is 2. The molecule has 0 bridgehead atoms. The Kier molecular flexibility index (Phi) is 5.05. The zero-order chi connectivity index (χ0) is 20.4. The molecule has 0 saturated heterocycles. The zero-order valence-electron chi connectivity index (χ0n) is 14.1. The minimum Gasteiger partial charge on any atom is -0.496 e. The second-order valence-electron chi connectivity index (χ2n) is 5.44. The lowest BCUT2D eigenvalue weighted by atomic mass is 10.1. The molecule has 1 aliphatic heterocycles. The van der Waals surface area contributed by atoms with Gasteiger partial charge in [0, 0.05) is 29.3 Å². The lowest BCUT2D eigenvalue weighted by molar-refractivity contribution is -0.385. The molecule has 0 fully saturated rings. The summed E-state index contributed by atoms with van der Waals surface area (Å²) in [7, 11) is 1.37. The maximum absolute atomic E-state index is 12.1. The first-order valence-electron chi connectivity index (χ1n) is 7.59. The standard InChI is InChI=1S/C17H10ClN3O7/c1-27-15-5-3-11(20(23)24)6-10(15)7-13-17(22)28-16(19-13)9-2-4-12(18)14(8-9)21(25)26/h2-8H,1H3/b13-7-. The summed E-state index contributed by atoms with van der Waals surface area (Å²) in [5, 5.41) is 21.9. The number of rotatable bonds is 5. The third-order valence-electron chi connectivity index (χ3n) is 3.73. The number of methoxy groups -OCH3 is 1. The summed E-state index contributed by atoms with van der Waals surface area (Å²) in [6.45, 7) is 0. The predicted octanol–water partition coefficient (Wildman–Crippen LogP) is 3.51. The van der Waals surface area contributed by atoms with Gasteiger partial charge in [-0.05, 0) is 24.3 Å². The van der Waals surface area contributed by atoms with Crippen LogP contribution in [0.25, 0.3) is 6.08 Å². The van der Waals surface area contributed by atoms with E-state index in [-0.39, 0.29) is 44.9 Å². The van der Waals surface area contributed by atoms with Gasteiger partial charge in [0.25, 0.3) is 11.4 Å². The molecule has 0 radical (unpaired) electrons. The highest BCUT2D eigenvalue weighted by molar-refractivity contribution is 6.32. The van der Waals surface area contributed by atoms with Crippen LogP contribution in [-0.2, 0) is 9.53 Å². The van der Waals surface area contributed by atoms with Crippen molar-refractivity contribution in [1.82, 2.24) is 0 Å². The van der Waals surface area contributed by atoms with Crippen molar-refractivity contribution in [1.29, 1.82) is 0 Å². The van der Waals surface area contributed by atoms with Crippen molar-refractivity contribution in [3.05, 3.63) is 78.5 Å². The quantitative estimate of drug-likeness (QED) is 0.322. The van der Waals surface area contributed by atoms with Gasteiger partial charge in [0.05, 0.1) is 17.0 Å². The average molecular weight is 404 g/mol. The third-order valence-corrected chi connectivity index (χ3v) is 4.05. The summed E-state index contributed by atoms with van der Waals surface area (Å²) < 4.78 is 10.2. The molecule has 0 aliphatic carbocycles. The molecule has 0 amide bonds. The first-order valence-corrected chi connectivity index (χ1v) is 7.97. The van der Waals surface area contributed by atoms with Crippen molar-refractivity contribution in [3.63, 3.8) is 0 Å². The van der Waals surface area contributed by atoms with E-state index in [4.69, 9.17) is 21.1 Å². The molecule has 2 aromatic rings. The minimum atomic E-state index is -0.818. The van der Waals surface area contributed by atoms with E-state index in [0.29, 0.717) is 0 Å². The van der Waals surface area contributed by atoms with Crippen LogP contribution in [0.3, 0.4) is 0 Å². The molecule has 3 rings (SSSR count). The fourth-order valence-corrected chi connectivity index (χ4v) is 2.60. The second-order valence-corrected chi connectivity index (χ2v) is 5.85. The van der Waals surface area contributed by atoms with E-state index >= 15 is 0 Å². The highest BCUT2D eigenvalue weighted by atomic mass is 35.5. The lowest BCUT2D eigenvalue weighted by Gasteiger charge is -2.04. The number of esters is 1. The number of cyclic esters (lactones) is 1. The van der Waals surface area contributed by atoms with Crippen molar-refractivity contribution < 1.29 is 24.1 Å². The number of nitro groups is 2. The molecule has 10 nitrogen and oxygen atoms in total. The maximum Gasteiger partial charge on any atom is 0.363 e. The molecule has 28 heavy (non-hydrogen) atoms. The molecule has 11 heteroatoms. The number of hydrogen-bond donors (Lipinski definition) is 0. The van der Waals surface area contributed by atoms with Crippen LogP contribution >= 0.6 is 11.6 Å². The summed E-state index contributed by atoms with van der Waals surface area (Å²) in [6.07, 6.45) is 1.27. The number of halogens is 1. The number of ether oxygens (including phenoxy) is 2. The number of carbonyl (C=O) groups is 1. The maximum atomic E-state index is 12.1. The second kappa shape index (κ2) is 7.45. The summed E-state index contributed by atoms with van der Waals surface area (Å²) in [5.41, 5.74) is -0.284. The Morgan fingerprint density at radius 2 is 1.89 bits per heavy atom. The van der Waals surface area contributed by atoms with Crippen LogP contribution in [0.4, 0.5) is 11.4 Å². The summed E-state index contributed by atoms with van der Waals surface area (Å²) in [4.78, 5) is 36.9. The van der Waals surface area contributed by atoms with Crippen molar-refractivity contribution in [2.45, 2.75) is 0 Å². The van der Waals surface area contributed by atoms with Crippen LogP contribution in [0.5, 0.6) is 5.75 Å². The van der Waals surface area contributed by atoms with Gasteiger partial charge in [-0.2, -0.15) is 0 Å². The highest BCUT2D eigenvalue weighted by Crippen LogP contribution is 2.30. The van der Waals surface area contributed by atoms with Gasteiger partial charge in [0.2, 0.25) is 5.90 Å². The molecule has 142 valence electrons. The van der Waals surface area contributed by atoms with E-state index < -0.39 is 15.8 Å². The zero-order valence-corrected chi connectivity index (χ0v) is 14.9. The van der Waals surface area contributed by atoms with E-state index in [9.17, 15) is 25.0 Å². The van der Waals surface area contributed by atoms with Crippen molar-refractivity contribution in [3.8, 4) is 5.75 Å². The van der Waals surface area contributed by atoms with Crippen LogP contribution in [0.1, 0.15) is 11.1 Å². The van der Waals surface area contributed by atoms with E-state index in [1.807, 2.05) is 0 Å². The van der Waals surface area contributed by atoms with Gasteiger partial charge in [-0.1, -0.05) is 11.6 Å². The number of benzene rings is 2. The largest absolute Gasteiger partial charge is 0.496 e. The molecular formula is C17H10ClN3O7. The smallest absolute Gasteiger partial charge is 0.363 e. The summed E-state index contributed by atoms with van der Waals surface area (Å²) in [6, 6.07) is 7.70. The van der Waals surface area contributed by atoms with Crippen LogP contribution in [0, 0.1) is 20.2 Å². The molecule has 0 aromatic heterocycles. The number of non-ortho nitro benzene ring substituents is 1. The highest BCUT2D eigenvalue weighted by Gasteiger charge is 2.26. The van der Waals surface area contributed by atoms with Gasteiger partial charge < -0.3 is 9.47 Å². The molecule has 0 N–H and O–H groups in total. The normalized spacial score (nSPS) is 14.6. The monoisotopic (exact) mass is 403 g/mol. The predicted molar refractivity (Wildman–Crippen MR) is 98.4 cm³/mol. The Labute approximate surface area is 162 Å². The molecular weight excluding hydrogens is 394 g/mol. The fourth-order valence-electron chi connectivity index (χ4n) is 2.41. The van der Waals surface area contributed by atoms with Crippen LogP contribution in [-0.4, -0.2) is 28.8 Å². The minimum absolute atomic E-state index is 0.0734. The Hall–Kier alpha value is -3.79. The van der Waals surface area contributed by atoms with E-state index in [0.717, 1.165) is 6.07 Å². The van der Waals surface area contributed by atoms with Crippen molar-refractivity contribution >= 4 is 40.9 Å². The molecule has 0 atom stereocenters. The van der Waals surface area contributed by atoms with Crippen LogP contribution in [0.15, 0.2) is 47.1 Å². The molecule has 1 heterocycles. The Morgan fingerprint density at radius 1 is 1.14 bits per heavy atom. The summed E-state index contributed by atoms with van der Waals surface area (Å²) >= 11 is 5.77. The van der Waals surface area contributed by atoms with Crippen molar-refractivity contribution in [2.75, 3.05) is 7.11 Å². The molecule has 2 aromatic carbocycles. The fraction of sp³-hybridized carbons (Fsp3) is 0.0588. The van der Waals surface area contributed by atoms with Gasteiger partial charge in [-0.3, -0.25) is 20.2 Å². The van der Waals surface area contributed by atoms with Crippen molar-refractivity contribution in [2.24, 2.45) is 4.99 Å². The lowest BCUT2D eigenvalue weighted by Crippen LogP contribution is -2.06. The molecule has 0 spiro atoms. The first-order chi connectivity index (χ1) is 13.3. The van der Waals surface area contributed by atoms with E-state index in [2.05, 4.69) is 4.99 Å². The van der Waals surface area contributed by atoms with Gasteiger partial charge in [0.15, 0.2) is 5.70 Å². The van der Waals surface area contributed by atoms with Gasteiger partial charge in [-0.15, -0.1) is 0 Å². The molecule has 1 aliphatic rings. The van der Waals surface area contributed by atoms with Crippen LogP contribution in [0.2, 0.25) is 5.02 Å². The Balaban J connectivity index is 2.03. The SMILES string of the molecule is COc1ccc([N+](=O)[O-])cc1/C=C1\N=C(c2ccc(Cl)c([N+](=O)[O-])c2)OC1=O. The average Bonchev–Trinajstić information content (AvgIpc) is 3.02. The van der Waals surface area contributed by atoms with Gasteiger partial charge >= 0.3 is 5.97 Å².